The van der Waals surface area contributed by atoms with Crippen LogP contribution in [0.15, 0.2) is 24.3 Å². The van der Waals surface area contributed by atoms with E-state index in [1.165, 1.54) is 6.07 Å². The molecule has 2 atom stereocenters. The number of hydrogen-bond acceptors (Lipinski definition) is 3. The predicted molar refractivity (Wildman–Crippen MR) is 99.9 cm³/mol. The number of nitrogens with zero attached hydrogens (tertiary/aromatic N) is 1. The number of hydrogen-bond donors (Lipinski definition) is 2. The first-order chi connectivity index (χ1) is 11.9. The molecule has 1 aliphatic heterocycles. The minimum Gasteiger partial charge on any atom is -0.354 e. The first-order valence-corrected chi connectivity index (χ1v) is 9.37. The van der Waals surface area contributed by atoms with Crippen molar-refractivity contribution in [2.75, 3.05) is 27.2 Å². The van der Waals surface area contributed by atoms with Crippen LogP contribution < -0.4 is 10.6 Å². The third-order valence-electron chi connectivity index (χ3n) is 5.62. The summed E-state index contributed by atoms with van der Waals surface area (Å²) in [6, 6.07) is 7.01. The summed E-state index contributed by atoms with van der Waals surface area (Å²) in [5, 5.41) is 6.74. The number of benzene rings is 1. The van der Waals surface area contributed by atoms with Crippen molar-refractivity contribution < 1.29 is 9.18 Å². The van der Waals surface area contributed by atoms with Gasteiger partial charge < -0.3 is 15.5 Å². The molecule has 1 aromatic rings. The Morgan fingerprint density at radius 3 is 2.64 bits per heavy atom. The van der Waals surface area contributed by atoms with Crippen LogP contribution in [0.3, 0.4) is 0 Å². The van der Waals surface area contributed by atoms with Gasteiger partial charge in [-0.1, -0.05) is 26.0 Å². The predicted octanol–water partition coefficient (Wildman–Crippen LogP) is 3.10. The molecule has 0 aromatic heterocycles. The Hall–Kier alpha value is -1.46. The smallest absolute Gasteiger partial charge is 0.227 e. The topological polar surface area (TPSA) is 44.4 Å². The molecule has 140 valence electrons. The summed E-state index contributed by atoms with van der Waals surface area (Å²) in [5.41, 5.74) is 0.561. The van der Waals surface area contributed by atoms with E-state index in [0.29, 0.717) is 6.54 Å². The first kappa shape index (κ1) is 19.9. The normalized spacial score (nSPS) is 20.9. The van der Waals surface area contributed by atoms with Crippen LogP contribution in [0.2, 0.25) is 0 Å². The number of carbonyl (C=O) groups is 1. The van der Waals surface area contributed by atoms with Gasteiger partial charge >= 0.3 is 0 Å². The lowest BCUT2D eigenvalue weighted by Crippen LogP contribution is -2.52. The quantitative estimate of drug-likeness (QED) is 0.758. The Morgan fingerprint density at radius 1 is 1.32 bits per heavy atom. The molecule has 1 aromatic carbocycles. The zero-order valence-corrected chi connectivity index (χ0v) is 15.9. The van der Waals surface area contributed by atoms with Crippen molar-refractivity contribution in [1.29, 1.82) is 0 Å². The average Bonchev–Trinajstić information content (AvgIpc) is 3.07. The Kier molecular flexibility index (Phi) is 6.96. The molecule has 0 bridgehead atoms. The standard InChI is InChI=1S/C20H32FN3O/c1-5-20(6-2,19(25)22-12-13-24(3)4)18-11-10-17(23-18)15-8-7-9-16(21)14-15/h7-9,14,17-18,23H,5-6,10-13H2,1-4H3,(H,22,25)/t17-,18+/m0/s1. The molecule has 5 heteroatoms. The van der Waals surface area contributed by atoms with E-state index < -0.39 is 5.41 Å². The molecule has 25 heavy (non-hydrogen) atoms. The van der Waals surface area contributed by atoms with Crippen molar-refractivity contribution in [2.24, 2.45) is 5.41 Å². The Bertz CT molecular complexity index is 572. The van der Waals surface area contributed by atoms with Gasteiger partial charge in [-0.05, 0) is 57.5 Å². The monoisotopic (exact) mass is 349 g/mol. The number of amides is 1. The zero-order chi connectivity index (χ0) is 18.4. The van der Waals surface area contributed by atoms with Crippen LogP contribution in [-0.2, 0) is 4.79 Å². The summed E-state index contributed by atoms with van der Waals surface area (Å²) < 4.78 is 13.5. The largest absolute Gasteiger partial charge is 0.354 e. The number of likely N-dealkylation sites (N-methyl/N-ethyl adjacent to an activating group) is 1. The Labute approximate surface area is 151 Å². The summed E-state index contributed by atoms with van der Waals surface area (Å²) in [5.74, 6) is -0.0711. The van der Waals surface area contributed by atoms with Crippen molar-refractivity contribution in [2.45, 2.75) is 51.6 Å². The number of carbonyl (C=O) groups excluding carboxylic acids is 1. The lowest BCUT2D eigenvalue weighted by atomic mass is 9.74. The zero-order valence-electron chi connectivity index (χ0n) is 15.9. The summed E-state index contributed by atoms with van der Waals surface area (Å²) in [6.45, 7) is 5.67. The van der Waals surface area contributed by atoms with Crippen LogP contribution >= 0.6 is 0 Å². The summed E-state index contributed by atoms with van der Waals surface area (Å²) >= 11 is 0. The van der Waals surface area contributed by atoms with E-state index in [2.05, 4.69) is 29.4 Å². The summed E-state index contributed by atoms with van der Waals surface area (Å²) in [7, 11) is 4.00. The molecule has 4 nitrogen and oxygen atoms in total. The molecule has 2 N–H and O–H groups in total. The van der Waals surface area contributed by atoms with Gasteiger partial charge in [-0.2, -0.15) is 0 Å². The highest BCUT2D eigenvalue weighted by Gasteiger charge is 2.45. The Balaban J connectivity index is 2.08. The second-order valence-electron chi connectivity index (χ2n) is 7.33. The molecular weight excluding hydrogens is 317 g/mol. The molecule has 0 spiro atoms. The van der Waals surface area contributed by atoms with Gasteiger partial charge in [-0.3, -0.25) is 4.79 Å². The van der Waals surface area contributed by atoms with E-state index in [0.717, 1.165) is 37.8 Å². The molecule has 0 unspecified atom stereocenters. The lowest BCUT2D eigenvalue weighted by Gasteiger charge is -2.37. The van der Waals surface area contributed by atoms with Gasteiger partial charge in [0.25, 0.3) is 0 Å². The van der Waals surface area contributed by atoms with Crippen molar-refractivity contribution in [3.63, 3.8) is 0 Å². The highest BCUT2D eigenvalue weighted by atomic mass is 19.1. The van der Waals surface area contributed by atoms with Crippen LogP contribution in [0.25, 0.3) is 0 Å². The number of halogens is 1. The number of rotatable bonds is 8. The molecular formula is C20H32FN3O. The molecule has 1 aliphatic rings. The van der Waals surface area contributed by atoms with Gasteiger partial charge in [-0.15, -0.1) is 0 Å². The molecule has 1 heterocycles. The van der Waals surface area contributed by atoms with Gasteiger partial charge in [0.05, 0.1) is 5.41 Å². The van der Waals surface area contributed by atoms with Crippen LogP contribution in [0, 0.1) is 11.2 Å². The van der Waals surface area contributed by atoms with Gasteiger partial charge in [0.15, 0.2) is 0 Å². The van der Waals surface area contributed by atoms with Gasteiger partial charge in [-0.25, -0.2) is 4.39 Å². The first-order valence-electron chi connectivity index (χ1n) is 9.37. The van der Waals surface area contributed by atoms with E-state index in [4.69, 9.17) is 0 Å². The average molecular weight is 349 g/mol. The highest BCUT2D eigenvalue weighted by molar-refractivity contribution is 5.83. The Morgan fingerprint density at radius 2 is 2.04 bits per heavy atom. The fourth-order valence-electron chi connectivity index (χ4n) is 3.96. The van der Waals surface area contributed by atoms with E-state index in [1.807, 2.05) is 20.2 Å². The van der Waals surface area contributed by atoms with Crippen LogP contribution in [-0.4, -0.2) is 44.0 Å². The minimum atomic E-state index is -0.408. The highest BCUT2D eigenvalue weighted by Crippen LogP contribution is 2.40. The second kappa shape index (κ2) is 8.77. The minimum absolute atomic E-state index is 0.118. The molecule has 0 saturated carbocycles. The van der Waals surface area contributed by atoms with Crippen LogP contribution in [0.5, 0.6) is 0 Å². The molecule has 2 rings (SSSR count). The number of nitrogens with one attached hydrogen (secondary N) is 2. The molecule has 1 amide bonds. The fourth-order valence-corrected chi connectivity index (χ4v) is 3.96. The van der Waals surface area contributed by atoms with Crippen LogP contribution in [0.4, 0.5) is 4.39 Å². The van der Waals surface area contributed by atoms with E-state index >= 15 is 0 Å². The fraction of sp³-hybridized carbons (Fsp3) is 0.650. The van der Waals surface area contributed by atoms with Crippen LogP contribution in [0.1, 0.15) is 51.1 Å². The molecule has 0 radical (unpaired) electrons. The van der Waals surface area contributed by atoms with Crippen molar-refractivity contribution in [1.82, 2.24) is 15.5 Å². The maximum Gasteiger partial charge on any atom is 0.227 e. The maximum atomic E-state index is 13.5. The van der Waals surface area contributed by atoms with Crippen molar-refractivity contribution in [3.05, 3.63) is 35.6 Å². The molecule has 1 saturated heterocycles. The van der Waals surface area contributed by atoms with E-state index in [9.17, 15) is 9.18 Å². The van der Waals surface area contributed by atoms with Gasteiger partial charge in [0, 0.05) is 25.2 Å². The SMILES string of the molecule is CCC(CC)(C(=O)NCCN(C)C)[C@H]1CC[C@@H](c2cccc(F)c2)N1. The van der Waals surface area contributed by atoms with Crippen molar-refractivity contribution in [3.8, 4) is 0 Å². The van der Waals surface area contributed by atoms with Crippen molar-refractivity contribution >= 4 is 5.91 Å². The third-order valence-corrected chi connectivity index (χ3v) is 5.62. The van der Waals surface area contributed by atoms with E-state index in [1.54, 1.807) is 12.1 Å². The van der Waals surface area contributed by atoms with Gasteiger partial charge in [0.1, 0.15) is 5.82 Å². The molecule has 1 fully saturated rings. The van der Waals surface area contributed by atoms with Gasteiger partial charge in [0.2, 0.25) is 5.91 Å². The second-order valence-corrected chi connectivity index (χ2v) is 7.33. The third kappa shape index (κ3) is 4.59. The lowest BCUT2D eigenvalue weighted by molar-refractivity contribution is -0.133. The summed E-state index contributed by atoms with van der Waals surface area (Å²) in [6.07, 6.45) is 3.46. The summed E-state index contributed by atoms with van der Waals surface area (Å²) in [4.78, 5) is 15.0. The van der Waals surface area contributed by atoms with E-state index in [-0.39, 0.29) is 23.8 Å². The maximum absolute atomic E-state index is 13.5. The molecule has 0 aliphatic carbocycles.